The van der Waals surface area contributed by atoms with Crippen LogP contribution in [0.5, 0.6) is 5.75 Å². The van der Waals surface area contributed by atoms with Crippen LogP contribution in [0.2, 0.25) is 0 Å². The highest BCUT2D eigenvalue weighted by molar-refractivity contribution is 9.10. The number of aryl methyl sites for hydroxylation is 1. The Bertz CT molecular complexity index is 403. The van der Waals surface area contributed by atoms with Gasteiger partial charge in [-0.05, 0) is 63.0 Å². The molecule has 1 saturated heterocycles. The van der Waals surface area contributed by atoms with Crippen molar-refractivity contribution in [2.24, 2.45) is 5.73 Å². The monoisotopic (exact) mass is 326 g/mol. The lowest BCUT2D eigenvalue weighted by molar-refractivity contribution is 0.193. The molecule has 0 spiro atoms. The Balaban J connectivity index is 1.66. The second kappa shape index (κ2) is 7.27. The molecule has 19 heavy (non-hydrogen) atoms. The van der Waals surface area contributed by atoms with Crippen molar-refractivity contribution in [2.75, 3.05) is 26.2 Å². The third kappa shape index (κ3) is 4.79. The Labute approximate surface area is 124 Å². The van der Waals surface area contributed by atoms with E-state index in [0.717, 1.165) is 55.7 Å². The molecule has 1 heterocycles. The first kappa shape index (κ1) is 14.8. The molecular weight excluding hydrogens is 304 g/mol. The summed E-state index contributed by atoms with van der Waals surface area (Å²) in [5.41, 5.74) is 7.08. The molecular formula is C15H23BrN2O. The van der Waals surface area contributed by atoms with Gasteiger partial charge >= 0.3 is 0 Å². The van der Waals surface area contributed by atoms with Crippen LogP contribution in [0.4, 0.5) is 0 Å². The highest BCUT2D eigenvalue weighted by Gasteiger charge is 2.15. The number of nitrogens with two attached hydrogens (primary N) is 1. The van der Waals surface area contributed by atoms with Gasteiger partial charge in [-0.25, -0.2) is 0 Å². The summed E-state index contributed by atoms with van der Waals surface area (Å²) < 4.78 is 6.93. The maximum Gasteiger partial charge on any atom is 0.122 e. The van der Waals surface area contributed by atoms with Crippen LogP contribution in [0, 0.1) is 6.92 Å². The minimum Gasteiger partial charge on any atom is -0.493 e. The first-order chi connectivity index (χ1) is 9.15. The van der Waals surface area contributed by atoms with Crippen molar-refractivity contribution in [1.29, 1.82) is 0 Å². The topological polar surface area (TPSA) is 38.5 Å². The number of ether oxygens (including phenoxy) is 1. The minimum absolute atomic E-state index is 0.415. The minimum atomic E-state index is 0.415. The molecule has 3 nitrogen and oxygen atoms in total. The number of benzene rings is 1. The van der Waals surface area contributed by atoms with E-state index in [0.29, 0.717) is 6.04 Å². The molecule has 1 fully saturated rings. The van der Waals surface area contributed by atoms with Crippen molar-refractivity contribution in [3.8, 4) is 5.75 Å². The Morgan fingerprint density at radius 2 is 2.11 bits per heavy atom. The highest BCUT2D eigenvalue weighted by atomic mass is 79.9. The number of halogens is 1. The molecule has 0 bridgehead atoms. The van der Waals surface area contributed by atoms with Gasteiger partial charge in [0.1, 0.15) is 5.75 Å². The summed E-state index contributed by atoms with van der Waals surface area (Å²) in [6.07, 6.45) is 3.34. The summed E-state index contributed by atoms with van der Waals surface area (Å²) in [5.74, 6) is 0.990. The first-order valence-electron chi connectivity index (χ1n) is 7.02. The van der Waals surface area contributed by atoms with Gasteiger partial charge in [0.2, 0.25) is 0 Å². The van der Waals surface area contributed by atoms with Crippen molar-refractivity contribution in [1.82, 2.24) is 4.90 Å². The van der Waals surface area contributed by atoms with Crippen LogP contribution in [0.25, 0.3) is 0 Å². The van der Waals surface area contributed by atoms with Crippen LogP contribution in [-0.4, -0.2) is 37.2 Å². The van der Waals surface area contributed by atoms with E-state index in [1.54, 1.807) is 0 Å². The summed E-state index contributed by atoms with van der Waals surface area (Å²) in [7, 11) is 0. The molecule has 0 aliphatic carbocycles. The summed E-state index contributed by atoms with van der Waals surface area (Å²) in [6.45, 7) is 6.25. The number of piperidine rings is 1. The zero-order valence-electron chi connectivity index (χ0n) is 11.6. The molecule has 0 amide bonds. The Hall–Kier alpha value is -0.580. The third-order valence-corrected chi connectivity index (χ3v) is 4.14. The number of rotatable bonds is 5. The van der Waals surface area contributed by atoms with Crippen LogP contribution >= 0.6 is 15.9 Å². The molecule has 1 aromatic carbocycles. The number of hydrogen-bond donors (Lipinski definition) is 1. The molecule has 0 aromatic heterocycles. The fourth-order valence-corrected chi connectivity index (χ4v) is 2.90. The van der Waals surface area contributed by atoms with Gasteiger partial charge in [0.25, 0.3) is 0 Å². The van der Waals surface area contributed by atoms with Gasteiger partial charge in [-0.2, -0.15) is 0 Å². The van der Waals surface area contributed by atoms with Gasteiger partial charge in [0, 0.05) is 17.1 Å². The first-order valence-corrected chi connectivity index (χ1v) is 7.81. The molecule has 1 aliphatic heterocycles. The summed E-state index contributed by atoms with van der Waals surface area (Å²) in [4.78, 5) is 2.49. The van der Waals surface area contributed by atoms with E-state index < -0.39 is 0 Å². The van der Waals surface area contributed by atoms with E-state index in [4.69, 9.17) is 10.5 Å². The molecule has 1 aromatic rings. The second-order valence-electron chi connectivity index (χ2n) is 5.29. The largest absolute Gasteiger partial charge is 0.493 e. The van der Waals surface area contributed by atoms with Gasteiger partial charge in [-0.3, -0.25) is 0 Å². The Morgan fingerprint density at radius 3 is 2.79 bits per heavy atom. The van der Waals surface area contributed by atoms with Crippen LogP contribution in [0.3, 0.4) is 0 Å². The van der Waals surface area contributed by atoms with Crippen molar-refractivity contribution in [2.45, 2.75) is 32.2 Å². The smallest absolute Gasteiger partial charge is 0.122 e. The average molecular weight is 327 g/mol. The molecule has 1 aliphatic rings. The van der Waals surface area contributed by atoms with E-state index in [-0.39, 0.29) is 0 Å². The lowest BCUT2D eigenvalue weighted by atomic mass is 10.1. The zero-order chi connectivity index (χ0) is 13.7. The molecule has 0 unspecified atom stereocenters. The molecule has 0 saturated carbocycles. The summed E-state index contributed by atoms with van der Waals surface area (Å²) in [6, 6.07) is 6.55. The van der Waals surface area contributed by atoms with Crippen molar-refractivity contribution >= 4 is 15.9 Å². The second-order valence-corrected chi connectivity index (χ2v) is 6.21. The number of hydrogen-bond acceptors (Lipinski definition) is 3. The van der Waals surface area contributed by atoms with Gasteiger partial charge in [-0.15, -0.1) is 0 Å². The molecule has 4 heteroatoms. The van der Waals surface area contributed by atoms with E-state index in [1.807, 2.05) is 12.1 Å². The molecule has 0 atom stereocenters. The van der Waals surface area contributed by atoms with Crippen molar-refractivity contribution < 1.29 is 4.74 Å². The van der Waals surface area contributed by atoms with E-state index in [1.165, 1.54) is 5.56 Å². The fourth-order valence-electron chi connectivity index (χ4n) is 2.42. The summed E-state index contributed by atoms with van der Waals surface area (Å²) in [5, 5.41) is 0. The highest BCUT2D eigenvalue weighted by Crippen LogP contribution is 2.22. The van der Waals surface area contributed by atoms with Crippen LogP contribution in [0.1, 0.15) is 24.8 Å². The lowest BCUT2D eigenvalue weighted by Crippen LogP contribution is -2.40. The van der Waals surface area contributed by atoms with Crippen LogP contribution < -0.4 is 10.5 Å². The quantitative estimate of drug-likeness (QED) is 0.845. The lowest BCUT2D eigenvalue weighted by Gasteiger charge is -2.29. The van der Waals surface area contributed by atoms with E-state index in [2.05, 4.69) is 33.8 Å². The van der Waals surface area contributed by atoms with Gasteiger partial charge in [0.05, 0.1) is 6.61 Å². The molecule has 2 rings (SSSR count). The number of likely N-dealkylation sites (tertiary alicyclic amines) is 1. The molecule has 106 valence electrons. The average Bonchev–Trinajstić information content (AvgIpc) is 2.39. The fraction of sp³-hybridized carbons (Fsp3) is 0.600. The maximum absolute atomic E-state index is 5.90. The number of nitrogens with zero attached hydrogens (tertiary/aromatic N) is 1. The molecule has 0 radical (unpaired) electrons. The van der Waals surface area contributed by atoms with Gasteiger partial charge < -0.3 is 15.4 Å². The van der Waals surface area contributed by atoms with E-state index >= 15 is 0 Å². The third-order valence-electron chi connectivity index (χ3n) is 3.65. The maximum atomic E-state index is 5.90. The predicted octanol–water partition coefficient (Wildman–Crippen LogP) is 2.95. The summed E-state index contributed by atoms with van der Waals surface area (Å²) >= 11 is 3.46. The Morgan fingerprint density at radius 1 is 1.37 bits per heavy atom. The predicted molar refractivity (Wildman–Crippen MR) is 82.6 cm³/mol. The van der Waals surface area contributed by atoms with E-state index in [9.17, 15) is 0 Å². The normalized spacial score (nSPS) is 17.6. The Kier molecular flexibility index (Phi) is 5.67. The van der Waals surface area contributed by atoms with Crippen molar-refractivity contribution in [3.05, 3.63) is 28.2 Å². The van der Waals surface area contributed by atoms with Crippen molar-refractivity contribution in [3.63, 3.8) is 0 Å². The standard InChI is InChI=1S/C15H23BrN2O/c1-12-11-13(16)3-4-15(12)19-10-2-7-18-8-5-14(17)6-9-18/h3-4,11,14H,2,5-10,17H2,1H3. The van der Waals surface area contributed by atoms with Crippen LogP contribution in [0.15, 0.2) is 22.7 Å². The van der Waals surface area contributed by atoms with Gasteiger partial charge in [-0.1, -0.05) is 15.9 Å². The SMILES string of the molecule is Cc1cc(Br)ccc1OCCCN1CCC(N)CC1. The van der Waals surface area contributed by atoms with Gasteiger partial charge in [0.15, 0.2) is 0 Å². The molecule has 2 N–H and O–H groups in total. The zero-order valence-corrected chi connectivity index (χ0v) is 13.2. The van der Waals surface area contributed by atoms with Crippen LogP contribution in [-0.2, 0) is 0 Å².